The van der Waals surface area contributed by atoms with E-state index in [9.17, 15) is 9.90 Å². The molecule has 0 radical (unpaired) electrons. The van der Waals surface area contributed by atoms with Crippen LogP contribution in [0.25, 0.3) is 0 Å². The molecular weight excluding hydrogens is 326 g/mol. The van der Waals surface area contributed by atoms with Gasteiger partial charge in [0.1, 0.15) is 5.76 Å². The van der Waals surface area contributed by atoms with Gasteiger partial charge in [0.05, 0.1) is 5.69 Å². The number of nitrogens with zero attached hydrogens (tertiary/aromatic N) is 2. The zero-order chi connectivity index (χ0) is 17.7. The molecule has 5 nitrogen and oxygen atoms in total. The van der Waals surface area contributed by atoms with Crippen LogP contribution in [0.2, 0.25) is 5.02 Å². The minimum absolute atomic E-state index is 0.147. The molecule has 6 heteroatoms. The number of hydrogen-bond donors (Lipinski definition) is 2. The van der Waals surface area contributed by atoms with Crippen LogP contribution in [0.3, 0.4) is 0 Å². The van der Waals surface area contributed by atoms with Gasteiger partial charge >= 0.3 is 0 Å². The van der Waals surface area contributed by atoms with E-state index in [-0.39, 0.29) is 11.5 Å². The number of allylic oxidation sites excluding steroid dienone is 1. The molecule has 2 N–H and O–H groups in total. The van der Waals surface area contributed by atoms with Crippen molar-refractivity contribution in [2.24, 2.45) is 10.2 Å². The Hall–Kier alpha value is -2.66. The summed E-state index contributed by atoms with van der Waals surface area (Å²) in [6.07, 6.45) is 0. The molecule has 0 heterocycles. The number of aliphatic hydroxyl groups excluding tert-OH is 1. The lowest BCUT2D eigenvalue weighted by molar-refractivity contribution is -0.113. The van der Waals surface area contributed by atoms with Crippen molar-refractivity contribution in [1.29, 1.82) is 0 Å². The molecule has 0 aromatic heterocycles. The monoisotopic (exact) mass is 343 g/mol. The van der Waals surface area contributed by atoms with Crippen molar-refractivity contribution in [3.05, 3.63) is 70.1 Å². The number of rotatable bonds is 4. The Bertz CT molecular complexity index is 808. The molecule has 0 spiro atoms. The lowest BCUT2D eigenvalue weighted by Crippen LogP contribution is -2.14. The highest BCUT2D eigenvalue weighted by molar-refractivity contribution is 6.30. The van der Waals surface area contributed by atoms with E-state index in [0.717, 1.165) is 11.1 Å². The lowest BCUT2D eigenvalue weighted by Gasteiger charge is -2.06. The van der Waals surface area contributed by atoms with E-state index in [0.29, 0.717) is 16.4 Å². The van der Waals surface area contributed by atoms with Crippen molar-refractivity contribution >= 4 is 28.9 Å². The van der Waals surface area contributed by atoms with Gasteiger partial charge in [-0.05, 0) is 62.2 Å². The van der Waals surface area contributed by atoms with Gasteiger partial charge in [-0.15, -0.1) is 10.2 Å². The summed E-state index contributed by atoms with van der Waals surface area (Å²) in [5.74, 6) is -0.762. The zero-order valence-corrected chi connectivity index (χ0v) is 14.4. The Labute approximate surface area is 145 Å². The van der Waals surface area contributed by atoms with Crippen LogP contribution in [0.5, 0.6) is 0 Å². The van der Waals surface area contributed by atoms with Crippen molar-refractivity contribution in [3.63, 3.8) is 0 Å². The summed E-state index contributed by atoms with van der Waals surface area (Å²) in [5, 5.41) is 21.0. The van der Waals surface area contributed by atoms with Gasteiger partial charge in [-0.2, -0.15) is 0 Å². The standard InChI is InChI=1S/C18H18ClN3O2/c1-11-5-4-6-16(12(11)2)21-22-17(13(3)23)18(24)20-15-9-7-14(19)8-10-15/h4-10,23H,1-3H3,(H,20,24)/b17-13-,22-21?. The molecule has 0 aliphatic carbocycles. The van der Waals surface area contributed by atoms with Crippen LogP contribution in [-0.2, 0) is 4.79 Å². The van der Waals surface area contributed by atoms with E-state index >= 15 is 0 Å². The van der Waals surface area contributed by atoms with Crippen LogP contribution in [0.1, 0.15) is 18.1 Å². The SMILES string of the molecule is C/C(O)=C(/N=Nc1cccc(C)c1C)C(=O)Nc1ccc(Cl)cc1. The minimum Gasteiger partial charge on any atom is -0.510 e. The molecule has 24 heavy (non-hydrogen) atoms. The smallest absolute Gasteiger partial charge is 0.279 e. The first-order valence-electron chi connectivity index (χ1n) is 7.33. The second-order valence-corrected chi connectivity index (χ2v) is 5.75. The molecule has 0 bridgehead atoms. The number of amides is 1. The van der Waals surface area contributed by atoms with Crippen LogP contribution >= 0.6 is 11.6 Å². The number of nitrogens with one attached hydrogen (secondary N) is 1. The maximum Gasteiger partial charge on any atom is 0.279 e. The summed E-state index contributed by atoms with van der Waals surface area (Å²) < 4.78 is 0. The van der Waals surface area contributed by atoms with Gasteiger partial charge in [0.25, 0.3) is 5.91 Å². The molecule has 0 saturated carbocycles. The van der Waals surface area contributed by atoms with Crippen molar-refractivity contribution in [3.8, 4) is 0 Å². The van der Waals surface area contributed by atoms with E-state index in [1.54, 1.807) is 30.3 Å². The molecule has 124 valence electrons. The first kappa shape index (κ1) is 17.7. The number of hydrogen-bond acceptors (Lipinski definition) is 4. The third-order valence-electron chi connectivity index (χ3n) is 3.49. The van der Waals surface area contributed by atoms with Crippen molar-refractivity contribution in [1.82, 2.24) is 0 Å². The van der Waals surface area contributed by atoms with Gasteiger partial charge in [0, 0.05) is 10.7 Å². The summed E-state index contributed by atoms with van der Waals surface area (Å²) in [6, 6.07) is 12.3. The zero-order valence-electron chi connectivity index (χ0n) is 13.7. The molecule has 1 amide bonds. The predicted octanol–water partition coefficient (Wildman–Crippen LogP) is 5.47. The summed E-state index contributed by atoms with van der Waals surface area (Å²) in [5.41, 5.74) is 3.08. The second-order valence-electron chi connectivity index (χ2n) is 5.31. The summed E-state index contributed by atoms with van der Waals surface area (Å²) in [7, 11) is 0. The summed E-state index contributed by atoms with van der Waals surface area (Å²) in [4.78, 5) is 12.3. The van der Waals surface area contributed by atoms with Gasteiger partial charge in [-0.3, -0.25) is 4.79 Å². The number of carbonyl (C=O) groups is 1. The average Bonchev–Trinajstić information content (AvgIpc) is 2.53. The van der Waals surface area contributed by atoms with Gasteiger partial charge in [-0.25, -0.2) is 0 Å². The highest BCUT2D eigenvalue weighted by Gasteiger charge is 2.13. The van der Waals surface area contributed by atoms with Crippen LogP contribution in [0.4, 0.5) is 11.4 Å². The Morgan fingerprint density at radius 3 is 2.42 bits per heavy atom. The van der Waals surface area contributed by atoms with Gasteiger partial charge in [0.15, 0.2) is 5.70 Å². The Kier molecular flexibility index (Phi) is 5.71. The molecule has 2 aromatic carbocycles. The Morgan fingerprint density at radius 1 is 1.12 bits per heavy atom. The quantitative estimate of drug-likeness (QED) is 0.439. The predicted molar refractivity (Wildman–Crippen MR) is 95.8 cm³/mol. The number of aryl methyl sites for hydroxylation is 1. The first-order chi connectivity index (χ1) is 11.4. The minimum atomic E-state index is -0.550. The fourth-order valence-electron chi connectivity index (χ4n) is 1.95. The van der Waals surface area contributed by atoms with Gasteiger partial charge < -0.3 is 10.4 Å². The van der Waals surface area contributed by atoms with Crippen LogP contribution in [-0.4, -0.2) is 11.0 Å². The largest absolute Gasteiger partial charge is 0.510 e. The third kappa shape index (κ3) is 4.43. The Morgan fingerprint density at radius 2 is 1.79 bits per heavy atom. The van der Waals surface area contributed by atoms with E-state index in [1.165, 1.54) is 6.92 Å². The topological polar surface area (TPSA) is 74.0 Å². The fraction of sp³-hybridized carbons (Fsp3) is 0.167. The van der Waals surface area contributed by atoms with Gasteiger partial charge in [0.2, 0.25) is 0 Å². The Balaban J connectivity index is 2.22. The van der Waals surface area contributed by atoms with E-state index in [2.05, 4.69) is 15.5 Å². The van der Waals surface area contributed by atoms with E-state index < -0.39 is 5.91 Å². The van der Waals surface area contributed by atoms with Crippen LogP contribution in [0, 0.1) is 13.8 Å². The fourth-order valence-corrected chi connectivity index (χ4v) is 2.08. The molecule has 2 rings (SSSR count). The lowest BCUT2D eigenvalue weighted by atomic mass is 10.1. The third-order valence-corrected chi connectivity index (χ3v) is 3.75. The van der Waals surface area contributed by atoms with Crippen LogP contribution in [0.15, 0.2) is 64.1 Å². The maximum atomic E-state index is 12.3. The molecule has 2 aromatic rings. The highest BCUT2D eigenvalue weighted by Crippen LogP contribution is 2.23. The number of carbonyl (C=O) groups excluding carboxylic acids is 1. The number of halogens is 1. The molecule has 0 aliphatic heterocycles. The first-order valence-corrected chi connectivity index (χ1v) is 7.71. The van der Waals surface area contributed by atoms with Crippen LogP contribution < -0.4 is 5.32 Å². The highest BCUT2D eigenvalue weighted by atomic mass is 35.5. The summed E-state index contributed by atoms with van der Waals surface area (Å²) in [6.45, 7) is 5.28. The second kappa shape index (κ2) is 7.75. The number of azo groups is 1. The van der Waals surface area contributed by atoms with Crippen molar-refractivity contribution in [2.45, 2.75) is 20.8 Å². The molecule has 0 unspecified atom stereocenters. The number of aliphatic hydroxyl groups is 1. The maximum absolute atomic E-state index is 12.3. The molecule has 0 fully saturated rings. The number of benzene rings is 2. The van der Waals surface area contributed by atoms with E-state index in [4.69, 9.17) is 11.6 Å². The molecule has 0 aliphatic rings. The molecular formula is C18H18ClN3O2. The summed E-state index contributed by atoms with van der Waals surface area (Å²) >= 11 is 5.81. The molecule has 0 atom stereocenters. The normalized spacial score (nSPS) is 12.2. The van der Waals surface area contributed by atoms with Gasteiger partial charge in [-0.1, -0.05) is 23.7 Å². The van der Waals surface area contributed by atoms with E-state index in [1.807, 2.05) is 26.0 Å². The van der Waals surface area contributed by atoms with Crippen molar-refractivity contribution in [2.75, 3.05) is 5.32 Å². The number of anilines is 1. The molecule has 0 saturated heterocycles. The average molecular weight is 344 g/mol. The van der Waals surface area contributed by atoms with Crippen molar-refractivity contribution < 1.29 is 9.90 Å².